The third-order valence-electron chi connectivity index (χ3n) is 4.68. The van der Waals surface area contributed by atoms with Crippen LogP contribution in [0.3, 0.4) is 0 Å². The standard InChI is InChI=1S/C21H28N2O3S2/c1-4-22(5-2)19(24)9-7-6-8-14-23-20(27)18(28-21(23)25)15-16-10-12-17(26-3)13-11-16/h10-13,15H,4-9,14H2,1-3H3. The molecule has 0 atom stereocenters. The smallest absolute Gasteiger partial charge is 0.291 e. The van der Waals surface area contributed by atoms with E-state index in [0.717, 1.165) is 48.6 Å². The van der Waals surface area contributed by atoms with Gasteiger partial charge in [-0.05, 0) is 62.2 Å². The molecule has 1 aliphatic rings. The summed E-state index contributed by atoms with van der Waals surface area (Å²) in [6.45, 7) is 6.11. The maximum atomic E-state index is 12.3. The normalized spacial score (nSPS) is 15.4. The van der Waals surface area contributed by atoms with Crippen molar-refractivity contribution in [1.29, 1.82) is 0 Å². The number of unbranched alkanes of at least 4 members (excludes halogenated alkanes) is 2. The van der Waals surface area contributed by atoms with Gasteiger partial charge in [0, 0.05) is 26.1 Å². The van der Waals surface area contributed by atoms with Crippen LogP contribution >= 0.6 is 24.0 Å². The molecular weight excluding hydrogens is 392 g/mol. The summed E-state index contributed by atoms with van der Waals surface area (Å²) in [5, 5.41) is -0.0241. The van der Waals surface area contributed by atoms with Gasteiger partial charge >= 0.3 is 0 Å². The Bertz CT molecular complexity index is 728. The van der Waals surface area contributed by atoms with Crippen molar-refractivity contribution in [2.45, 2.75) is 39.5 Å². The van der Waals surface area contributed by atoms with Gasteiger partial charge < -0.3 is 9.64 Å². The highest BCUT2D eigenvalue weighted by molar-refractivity contribution is 8.19. The Morgan fingerprint density at radius 2 is 1.86 bits per heavy atom. The van der Waals surface area contributed by atoms with Crippen LogP contribution in [-0.4, -0.2) is 52.7 Å². The summed E-state index contributed by atoms with van der Waals surface area (Å²) < 4.78 is 5.16. The van der Waals surface area contributed by atoms with Gasteiger partial charge in [-0.3, -0.25) is 14.5 Å². The molecule has 1 heterocycles. The lowest BCUT2D eigenvalue weighted by Gasteiger charge is -2.18. The Hall–Kier alpha value is -1.86. The predicted molar refractivity (Wildman–Crippen MR) is 120 cm³/mol. The van der Waals surface area contributed by atoms with Crippen LogP contribution in [-0.2, 0) is 4.79 Å². The Labute approximate surface area is 177 Å². The summed E-state index contributed by atoms with van der Waals surface area (Å²) >= 11 is 6.68. The molecule has 28 heavy (non-hydrogen) atoms. The molecule has 0 spiro atoms. The highest BCUT2D eigenvalue weighted by atomic mass is 32.2. The van der Waals surface area contributed by atoms with Crippen LogP contribution < -0.4 is 4.74 Å². The molecule has 7 heteroatoms. The van der Waals surface area contributed by atoms with Gasteiger partial charge in [0.05, 0.1) is 12.0 Å². The first kappa shape index (κ1) is 22.4. The van der Waals surface area contributed by atoms with E-state index in [9.17, 15) is 9.59 Å². The lowest BCUT2D eigenvalue weighted by Crippen LogP contribution is -2.30. The number of carbonyl (C=O) groups is 2. The molecule has 0 saturated carbocycles. The third-order valence-corrected chi connectivity index (χ3v) is 6.17. The van der Waals surface area contributed by atoms with Crippen molar-refractivity contribution in [1.82, 2.24) is 9.80 Å². The zero-order valence-electron chi connectivity index (χ0n) is 16.8. The number of thiocarbonyl (C=S) groups is 1. The van der Waals surface area contributed by atoms with Crippen LogP contribution in [0.5, 0.6) is 5.75 Å². The number of methoxy groups -OCH3 is 1. The first-order valence-corrected chi connectivity index (χ1v) is 10.9. The molecule has 1 aromatic carbocycles. The van der Waals surface area contributed by atoms with Crippen molar-refractivity contribution in [3.8, 4) is 5.75 Å². The molecule has 1 aliphatic heterocycles. The van der Waals surface area contributed by atoms with Crippen molar-refractivity contribution in [2.24, 2.45) is 0 Å². The number of thioether (sulfide) groups is 1. The zero-order chi connectivity index (χ0) is 20.5. The number of hydrogen-bond donors (Lipinski definition) is 0. The average molecular weight is 421 g/mol. The van der Waals surface area contributed by atoms with Crippen LogP contribution in [0.25, 0.3) is 6.08 Å². The zero-order valence-corrected chi connectivity index (χ0v) is 18.4. The van der Waals surface area contributed by atoms with E-state index >= 15 is 0 Å². The van der Waals surface area contributed by atoms with Crippen molar-refractivity contribution >= 4 is 46.2 Å². The lowest BCUT2D eigenvalue weighted by molar-refractivity contribution is -0.130. The van der Waals surface area contributed by atoms with Gasteiger partial charge in [0.15, 0.2) is 0 Å². The summed E-state index contributed by atoms with van der Waals surface area (Å²) in [4.78, 5) is 29.2. The van der Waals surface area contributed by atoms with E-state index in [1.165, 1.54) is 11.8 Å². The van der Waals surface area contributed by atoms with Gasteiger partial charge in [-0.2, -0.15) is 0 Å². The fourth-order valence-corrected chi connectivity index (χ4v) is 4.29. The summed E-state index contributed by atoms with van der Waals surface area (Å²) in [5.41, 5.74) is 0.982. The molecular formula is C21H28N2O3S2. The number of benzene rings is 1. The largest absolute Gasteiger partial charge is 0.497 e. The van der Waals surface area contributed by atoms with E-state index in [1.807, 2.05) is 49.1 Å². The fraction of sp³-hybridized carbons (Fsp3) is 0.476. The Kier molecular flexibility index (Phi) is 8.99. The summed E-state index contributed by atoms with van der Waals surface area (Å²) in [7, 11) is 1.63. The van der Waals surface area contributed by atoms with Crippen molar-refractivity contribution in [3.05, 3.63) is 34.7 Å². The van der Waals surface area contributed by atoms with Crippen LogP contribution in [0, 0.1) is 0 Å². The van der Waals surface area contributed by atoms with Gasteiger partial charge in [0.2, 0.25) is 5.91 Å². The maximum absolute atomic E-state index is 12.3. The minimum absolute atomic E-state index is 0.0241. The highest BCUT2D eigenvalue weighted by Gasteiger charge is 2.31. The van der Waals surface area contributed by atoms with Crippen molar-refractivity contribution in [3.63, 3.8) is 0 Å². The van der Waals surface area contributed by atoms with E-state index in [-0.39, 0.29) is 11.1 Å². The second-order valence-electron chi connectivity index (χ2n) is 6.48. The number of carbonyl (C=O) groups excluding carboxylic acids is 2. The molecule has 1 aromatic rings. The van der Waals surface area contributed by atoms with Gasteiger partial charge in [-0.1, -0.05) is 30.8 Å². The molecule has 0 unspecified atom stereocenters. The highest BCUT2D eigenvalue weighted by Crippen LogP contribution is 2.33. The fourth-order valence-electron chi connectivity index (χ4n) is 3.00. The summed E-state index contributed by atoms with van der Waals surface area (Å²) in [6.07, 6.45) is 5.09. The average Bonchev–Trinajstić information content (AvgIpc) is 2.96. The molecule has 152 valence electrons. The second kappa shape index (κ2) is 11.2. The molecule has 0 radical (unpaired) electrons. The number of nitrogens with zero attached hydrogens (tertiary/aromatic N) is 2. The maximum Gasteiger partial charge on any atom is 0.291 e. The van der Waals surface area contributed by atoms with Gasteiger partial charge in [0.1, 0.15) is 10.7 Å². The first-order valence-electron chi connectivity index (χ1n) is 9.67. The van der Waals surface area contributed by atoms with Gasteiger partial charge in [-0.25, -0.2) is 0 Å². The van der Waals surface area contributed by atoms with Crippen LogP contribution in [0.1, 0.15) is 45.1 Å². The topological polar surface area (TPSA) is 49.9 Å². The minimum Gasteiger partial charge on any atom is -0.497 e. The van der Waals surface area contributed by atoms with Gasteiger partial charge in [0.25, 0.3) is 5.24 Å². The SMILES string of the molecule is CCN(CC)C(=O)CCCCCN1C(=O)SC(=Cc2ccc(OC)cc2)C1=S. The van der Waals surface area contributed by atoms with E-state index in [0.29, 0.717) is 18.0 Å². The minimum atomic E-state index is -0.0241. The van der Waals surface area contributed by atoms with E-state index in [1.54, 1.807) is 12.0 Å². The lowest BCUT2D eigenvalue weighted by atomic mass is 10.1. The van der Waals surface area contributed by atoms with Crippen LogP contribution in [0.15, 0.2) is 29.2 Å². The first-order chi connectivity index (χ1) is 13.5. The number of rotatable bonds is 10. The number of hydrogen-bond acceptors (Lipinski definition) is 5. The van der Waals surface area contributed by atoms with E-state index in [2.05, 4.69) is 0 Å². The predicted octanol–water partition coefficient (Wildman–Crippen LogP) is 4.96. The monoisotopic (exact) mass is 420 g/mol. The third kappa shape index (κ3) is 6.07. The van der Waals surface area contributed by atoms with E-state index in [4.69, 9.17) is 17.0 Å². The van der Waals surface area contributed by atoms with Crippen molar-refractivity contribution in [2.75, 3.05) is 26.7 Å². The number of ether oxygens (including phenoxy) is 1. The van der Waals surface area contributed by atoms with Gasteiger partial charge in [-0.15, -0.1) is 0 Å². The van der Waals surface area contributed by atoms with E-state index < -0.39 is 0 Å². The number of amides is 2. The molecule has 2 rings (SSSR count). The molecule has 0 aromatic heterocycles. The molecule has 0 bridgehead atoms. The summed E-state index contributed by atoms with van der Waals surface area (Å²) in [6, 6.07) is 7.65. The van der Waals surface area contributed by atoms with Crippen LogP contribution in [0.2, 0.25) is 0 Å². The molecule has 5 nitrogen and oxygen atoms in total. The molecule has 0 aliphatic carbocycles. The molecule has 0 N–H and O–H groups in total. The van der Waals surface area contributed by atoms with Crippen LogP contribution in [0.4, 0.5) is 4.79 Å². The molecule has 1 fully saturated rings. The Balaban J connectivity index is 1.81. The quantitative estimate of drug-likeness (QED) is 0.304. The molecule has 1 saturated heterocycles. The summed E-state index contributed by atoms with van der Waals surface area (Å²) in [5.74, 6) is 0.999. The van der Waals surface area contributed by atoms with Crippen molar-refractivity contribution < 1.29 is 14.3 Å². The Morgan fingerprint density at radius 3 is 2.46 bits per heavy atom. The molecule has 2 amide bonds. The Morgan fingerprint density at radius 1 is 1.18 bits per heavy atom. The second-order valence-corrected chi connectivity index (χ2v) is 7.86.